The van der Waals surface area contributed by atoms with Crippen LogP contribution in [0.3, 0.4) is 0 Å². The van der Waals surface area contributed by atoms with E-state index in [-0.39, 0.29) is 39.7 Å². The van der Waals surface area contributed by atoms with Crippen LogP contribution in [0.4, 0.5) is 4.39 Å². The molecule has 4 rings (SSSR count). The summed E-state index contributed by atoms with van der Waals surface area (Å²) in [6.45, 7) is 3.54. The minimum Gasteiger partial charge on any atom is -0.491 e. The smallest absolute Gasteiger partial charge is 0.340 e. The highest BCUT2D eigenvalue weighted by atomic mass is 32.2. The number of sulfone groups is 1. The molecule has 2 heterocycles. The van der Waals surface area contributed by atoms with Crippen LogP contribution in [0, 0.1) is 5.82 Å². The summed E-state index contributed by atoms with van der Waals surface area (Å²) < 4.78 is 50.7. The van der Waals surface area contributed by atoms with Gasteiger partial charge in [-0.3, -0.25) is 4.99 Å². The van der Waals surface area contributed by atoms with Gasteiger partial charge in [-0.1, -0.05) is 0 Å². The van der Waals surface area contributed by atoms with Gasteiger partial charge in [0, 0.05) is 29.0 Å². The molecule has 1 N–H and O–H groups in total. The molecule has 32 heavy (non-hydrogen) atoms. The Morgan fingerprint density at radius 1 is 1.22 bits per heavy atom. The number of carboxylic acid groups (broad SMARTS) is 1. The molecule has 7 nitrogen and oxygen atoms in total. The SMILES string of the molecule is CC(C)Oc1cc2c(C(=O)O)c(-c3ccc(F)cc3)oc2cc1C1(S(C)(=O)=O)C=CC=N1. The van der Waals surface area contributed by atoms with Crippen molar-refractivity contribution in [2.45, 2.75) is 24.8 Å². The van der Waals surface area contributed by atoms with Gasteiger partial charge in [0.15, 0.2) is 9.84 Å². The Kier molecular flexibility index (Phi) is 5.16. The number of nitrogens with zero attached hydrogens (tertiary/aromatic N) is 1. The highest BCUT2D eigenvalue weighted by Crippen LogP contribution is 2.45. The Hall–Kier alpha value is -3.46. The van der Waals surface area contributed by atoms with Gasteiger partial charge in [-0.2, -0.15) is 0 Å². The average Bonchev–Trinajstić information content (AvgIpc) is 3.32. The van der Waals surface area contributed by atoms with Crippen molar-refractivity contribution in [1.29, 1.82) is 0 Å². The van der Waals surface area contributed by atoms with E-state index >= 15 is 0 Å². The van der Waals surface area contributed by atoms with Crippen molar-refractivity contribution >= 4 is 33.0 Å². The molecule has 166 valence electrons. The molecule has 3 aromatic rings. The van der Waals surface area contributed by atoms with Gasteiger partial charge in [0.05, 0.1) is 6.10 Å². The summed E-state index contributed by atoms with van der Waals surface area (Å²) >= 11 is 0. The number of benzene rings is 2. The van der Waals surface area contributed by atoms with Crippen molar-refractivity contribution in [2.75, 3.05) is 6.26 Å². The van der Waals surface area contributed by atoms with E-state index in [2.05, 4.69) is 4.99 Å². The first kappa shape index (κ1) is 21.8. The number of aliphatic imine (C=N–C) groups is 1. The summed E-state index contributed by atoms with van der Waals surface area (Å²) in [6, 6.07) is 8.12. The molecule has 0 amide bonds. The Morgan fingerprint density at radius 3 is 2.44 bits per heavy atom. The zero-order valence-electron chi connectivity index (χ0n) is 17.5. The lowest BCUT2D eigenvalue weighted by Crippen LogP contribution is -2.30. The molecule has 0 fully saturated rings. The summed E-state index contributed by atoms with van der Waals surface area (Å²) in [5.41, 5.74) is 0.587. The van der Waals surface area contributed by atoms with E-state index in [9.17, 15) is 22.7 Å². The van der Waals surface area contributed by atoms with E-state index in [0.717, 1.165) is 6.26 Å². The van der Waals surface area contributed by atoms with Gasteiger partial charge in [0.1, 0.15) is 28.5 Å². The van der Waals surface area contributed by atoms with Crippen LogP contribution < -0.4 is 4.74 Å². The van der Waals surface area contributed by atoms with Crippen molar-refractivity contribution in [3.05, 3.63) is 65.5 Å². The lowest BCUT2D eigenvalue weighted by atomic mass is 10.0. The van der Waals surface area contributed by atoms with Crippen LogP contribution in [0.25, 0.3) is 22.3 Å². The molecule has 1 aliphatic heterocycles. The summed E-state index contributed by atoms with van der Waals surface area (Å²) in [6.07, 6.45) is 5.10. The number of ether oxygens (including phenoxy) is 1. The third-order valence-corrected chi connectivity index (χ3v) is 6.69. The lowest BCUT2D eigenvalue weighted by Gasteiger charge is -2.26. The Balaban J connectivity index is 2.07. The molecule has 1 aromatic heterocycles. The monoisotopic (exact) mass is 457 g/mol. The maximum atomic E-state index is 13.4. The number of halogens is 1. The maximum absolute atomic E-state index is 13.4. The fraction of sp³-hybridized carbons (Fsp3) is 0.217. The molecule has 0 radical (unpaired) electrons. The Bertz CT molecular complexity index is 1370. The summed E-state index contributed by atoms with van der Waals surface area (Å²) in [5, 5.41) is 10.1. The topological polar surface area (TPSA) is 106 Å². The Morgan fingerprint density at radius 2 is 1.91 bits per heavy atom. The zero-order valence-corrected chi connectivity index (χ0v) is 18.3. The van der Waals surface area contributed by atoms with Gasteiger partial charge >= 0.3 is 5.97 Å². The van der Waals surface area contributed by atoms with Crippen molar-refractivity contribution in [3.63, 3.8) is 0 Å². The molecule has 1 aliphatic rings. The van der Waals surface area contributed by atoms with Crippen molar-refractivity contribution in [3.8, 4) is 17.1 Å². The quantitative estimate of drug-likeness (QED) is 0.582. The minimum atomic E-state index is -3.79. The standard InChI is InChI=1S/C23H20FNO6S/c1-13(2)30-19-11-16-18(12-17(19)23(32(3,28)29)9-4-10-25-23)31-21(20(16)22(26)27)14-5-7-15(24)8-6-14/h4-13H,1-3H3,(H,26,27). The van der Waals surface area contributed by atoms with Crippen molar-refractivity contribution in [2.24, 2.45) is 4.99 Å². The molecule has 2 aromatic carbocycles. The zero-order chi connectivity index (χ0) is 23.3. The van der Waals surface area contributed by atoms with Crippen molar-refractivity contribution in [1.82, 2.24) is 0 Å². The van der Waals surface area contributed by atoms with E-state index in [1.165, 1.54) is 54.8 Å². The molecule has 0 spiro atoms. The van der Waals surface area contributed by atoms with Gasteiger partial charge < -0.3 is 14.3 Å². The van der Waals surface area contributed by atoms with Crippen LogP contribution in [0.15, 0.2) is 58.0 Å². The van der Waals surface area contributed by atoms with Crippen LogP contribution in [0.1, 0.15) is 29.8 Å². The molecule has 0 aliphatic carbocycles. The predicted octanol–water partition coefficient (Wildman–Crippen LogP) is 4.56. The number of fused-ring (bicyclic) bond motifs is 1. The second-order valence-electron chi connectivity index (χ2n) is 7.74. The van der Waals surface area contributed by atoms with Gasteiger partial charge in [-0.25, -0.2) is 17.6 Å². The van der Waals surface area contributed by atoms with E-state index in [0.29, 0.717) is 5.56 Å². The minimum absolute atomic E-state index is 0.0269. The predicted molar refractivity (Wildman–Crippen MR) is 118 cm³/mol. The van der Waals surface area contributed by atoms with E-state index < -0.39 is 26.5 Å². The van der Waals surface area contributed by atoms with Crippen LogP contribution in [0.2, 0.25) is 0 Å². The largest absolute Gasteiger partial charge is 0.491 e. The first-order valence-electron chi connectivity index (χ1n) is 9.73. The first-order chi connectivity index (χ1) is 15.0. The molecule has 9 heteroatoms. The number of allylic oxidation sites excluding steroid dienone is 1. The molecule has 0 saturated heterocycles. The number of carbonyl (C=O) groups is 1. The Labute approximate surface area is 183 Å². The second-order valence-corrected chi connectivity index (χ2v) is 9.90. The molecule has 0 bridgehead atoms. The lowest BCUT2D eigenvalue weighted by molar-refractivity contribution is 0.0699. The fourth-order valence-corrected chi connectivity index (χ4v) is 4.86. The van der Waals surface area contributed by atoms with E-state index in [1.54, 1.807) is 13.8 Å². The highest BCUT2D eigenvalue weighted by Gasteiger charge is 2.44. The summed E-state index contributed by atoms with van der Waals surface area (Å²) in [4.78, 5) is 14.6. The highest BCUT2D eigenvalue weighted by molar-refractivity contribution is 7.91. The molecular formula is C23H20FNO6S. The van der Waals surface area contributed by atoms with Crippen LogP contribution in [0.5, 0.6) is 5.75 Å². The van der Waals surface area contributed by atoms with Gasteiger partial charge in [0.2, 0.25) is 4.87 Å². The first-order valence-corrected chi connectivity index (χ1v) is 11.6. The number of aromatic carboxylic acids is 1. The third kappa shape index (κ3) is 3.48. The number of carboxylic acids is 1. The average molecular weight is 457 g/mol. The van der Waals surface area contributed by atoms with Gasteiger partial charge in [-0.05, 0) is 62.4 Å². The normalized spacial score (nSPS) is 18.0. The molecule has 0 saturated carbocycles. The fourth-order valence-electron chi connectivity index (χ4n) is 3.72. The van der Waals surface area contributed by atoms with Crippen LogP contribution in [-0.2, 0) is 14.7 Å². The number of furan rings is 1. The molecule has 1 atom stereocenters. The summed E-state index contributed by atoms with van der Waals surface area (Å²) in [7, 11) is -3.79. The van der Waals surface area contributed by atoms with Crippen molar-refractivity contribution < 1.29 is 31.9 Å². The second kappa shape index (κ2) is 7.59. The van der Waals surface area contributed by atoms with Gasteiger partial charge in [-0.15, -0.1) is 0 Å². The number of hydrogen-bond donors (Lipinski definition) is 1. The van der Waals surface area contributed by atoms with E-state index in [1.807, 2.05) is 0 Å². The molecule has 1 unspecified atom stereocenters. The van der Waals surface area contributed by atoms with E-state index in [4.69, 9.17) is 9.15 Å². The van der Waals surface area contributed by atoms with Gasteiger partial charge in [0.25, 0.3) is 0 Å². The number of hydrogen-bond acceptors (Lipinski definition) is 6. The third-order valence-electron chi connectivity index (χ3n) is 5.10. The van der Waals surface area contributed by atoms with Crippen LogP contribution >= 0.6 is 0 Å². The van der Waals surface area contributed by atoms with Crippen LogP contribution in [-0.4, -0.2) is 38.1 Å². The molecular weight excluding hydrogens is 437 g/mol. The maximum Gasteiger partial charge on any atom is 0.340 e. The number of rotatable bonds is 6. The summed E-state index contributed by atoms with van der Waals surface area (Å²) in [5.74, 6) is -1.52.